The maximum atomic E-state index is 14.1. The highest BCUT2D eigenvalue weighted by Crippen LogP contribution is 2.42. The molecule has 1 unspecified atom stereocenters. The third kappa shape index (κ3) is 6.17. The van der Waals surface area contributed by atoms with Crippen LogP contribution in [-0.4, -0.2) is 91.5 Å². The molecule has 0 radical (unpaired) electrons. The number of anilines is 1. The molecule has 3 aliphatic heterocycles. The number of rotatable bonds is 8. The van der Waals surface area contributed by atoms with Crippen LogP contribution in [0.25, 0.3) is 0 Å². The van der Waals surface area contributed by atoms with Gasteiger partial charge in [0, 0.05) is 49.9 Å². The molecule has 4 atom stereocenters. The fraction of sp³-hybridized carbons (Fsp3) is 0.710. The summed E-state index contributed by atoms with van der Waals surface area (Å²) in [7, 11) is 0. The van der Waals surface area contributed by atoms with Crippen molar-refractivity contribution in [2.24, 2.45) is 16.7 Å². The van der Waals surface area contributed by atoms with Crippen molar-refractivity contribution < 1.29 is 19.1 Å². The van der Waals surface area contributed by atoms with Crippen molar-refractivity contribution in [1.29, 1.82) is 0 Å². The number of carbonyl (C=O) groups excluding carboxylic acids is 3. The van der Waals surface area contributed by atoms with Gasteiger partial charge in [-0.05, 0) is 54.5 Å². The zero-order valence-corrected chi connectivity index (χ0v) is 25.0. The van der Waals surface area contributed by atoms with E-state index in [-0.39, 0.29) is 41.6 Å². The van der Waals surface area contributed by atoms with Crippen LogP contribution < -0.4 is 10.2 Å². The zero-order chi connectivity index (χ0) is 28.5. The van der Waals surface area contributed by atoms with E-state index in [9.17, 15) is 14.4 Å². The molecule has 3 fully saturated rings. The van der Waals surface area contributed by atoms with Crippen molar-refractivity contribution in [3.63, 3.8) is 0 Å². The largest absolute Gasteiger partial charge is 0.369 e. The first-order valence-electron chi connectivity index (χ1n) is 14.7. The molecule has 2 amide bonds. The summed E-state index contributed by atoms with van der Waals surface area (Å²) in [5, 5.41) is 3.07. The maximum absolute atomic E-state index is 14.1. The van der Waals surface area contributed by atoms with Gasteiger partial charge in [0.25, 0.3) is 5.91 Å². The standard InChI is InChI=1S/C31H48N4O4/c1-8-14-33-15-17-34(18-16-33)22-12-10-21(11-13-22)28(37)32-27(31(6,7)9-2)29(38)35-19-23(30(3,4)5)26-25(35)24(36)20-39-26/h10-13,23,25-27H,8-9,14-20H2,1-7H3,(H,32,37)/t23-,25-,26-,27?/m1/s1. The lowest BCUT2D eigenvalue weighted by atomic mass is 9.78. The number of ether oxygens (including phenoxy) is 1. The van der Waals surface area contributed by atoms with Crippen LogP contribution >= 0.6 is 0 Å². The molecule has 39 heavy (non-hydrogen) atoms. The van der Waals surface area contributed by atoms with E-state index in [1.54, 1.807) is 4.90 Å². The minimum Gasteiger partial charge on any atom is -0.369 e. The molecule has 216 valence electrons. The van der Waals surface area contributed by atoms with E-state index in [4.69, 9.17) is 4.74 Å². The molecular weight excluding hydrogens is 492 g/mol. The predicted octanol–water partition coefficient (Wildman–Crippen LogP) is 3.59. The third-order valence-corrected chi connectivity index (χ3v) is 9.20. The number of nitrogens with zero attached hydrogens (tertiary/aromatic N) is 3. The van der Waals surface area contributed by atoms with Gasteiger partial charge in [-0.15, -0.1) is 0 Å². The van der Waals surface area contributed by atoms with Crippen molar-refractivity contribution in [2.75, 3.05) is 50.8 Å². The minimum atomic E-state index is -0.755. The van der Waals surface area contributed by atoms with Crippen LogP contribution in [0.1, 0.15) is 71.7 Å². The number of amides is 2. The predicted molar refractivity (Wildman–Crippen MR) is 154 cm³/mol. The summed E-state index contributed by atoms with van der Waals surface area (Å²) in [4.78, 5) is 46.9. The first kappa shape index (κ1) is 29.5. The number of Topliss-reactive ketones (excluding diaryl/α,β-unsaturated/α-hetero) is 1. The van der Waals surface area contributed by atoms with Gasteiger partial charge in [0.15, 0.2) is 5.78 Å². The normalized spacial score (nSPS) is 25.1. The summed E-state index contributed by atoms with van der Waals surface area (Å²) < 4.78 is 5.89. The van der Waals surface area contributed by atoms with Gasteiger partial charge in [0.05, 0.1) is 6.10 Å². The SMILES string of the molecule is CCCN1CCN(c2ccc(C(=O)NC(C(=O)N3C[C@@H](C(C)(C)C)[C@H]4OCC(=O)[C@H]43)C(C)(C)CC)cc2)CC1. The Hall–Kier alpha value is -2.45. The highest BCUT2D eigenvalue weighted by Gasteiger charge is 2.56. The molecule has 3 heterocycles. The van der Waals surface area contributed by atoms with E-state index in [0.29, 0.717) is 18.5 Å². The molecule has 3 saturated heterocycles. The van der Waals surface area contributed by atoms with Crippen molar-refractivity contribution >= 4 is 23.3 Å². The number of hydrogen-bond donors (Lipinski definition) is 1. The summed E-state index contributed by atoms with van der Waals surface area (Å²) >= 11 is 0. The quantitative estimate of drug-likeness (QED) is 0.543. The van der Waals surface area contributed by atoms with Crippen molar-refractivity contribution in [3.8, 4) is 0 Å². The lowest BCUT2D eigenvalue weighted by Crippen LogP contribution is -2.57. The monoisotopic (exact) mass is 540 g/mol. The topological polar surface area (TPSA) is 82.2 Å². The first-order chi connectivity index (χ1) is 18.4. The number of carbonyl (C=O) groups is 3. The Balaban J connectivity index is 1.49. The summed E-state index contributed by atoms with van der Waals surface area (Å²) in [5.74, 6) is -0.468. The van der Waals surface area contributed by atoms with Gasteiger partial charge in [-0.25, -0.2) is 0 Å². The van der Waals surface area contributed by atoms with Crippen LogP contribution in [-0.2, 0) is 14.3 Å². The van der Waals surface area contributed by atoms with Gasteiger partial charge in [0.2, 0.25) is 5.91 Å². The molecule has 0 aromatic heterocycles. The van der Waals surface area contributed by atoms with E-state index in [2.05, 4.69) is 42.8 Å². The summed E-state index contributed by atoms with van der Waals surface area (Å²) in [6, 6.07) is 6.36. The molecular formula is C31H48N4O4. The molecule has 0 aliphatic carbocycles. The Labute approximate surface area is 234 Å². The van der Waals surface area contributed by atoms with Crippen LogP contribution in [0.4, 0.5) is 5.69 Å². The van der Waals surface area contributed by atoms with E-state index in [0.717, 1.165) is 38.4 Å². The van der Waals surface area contributed by atoms with E-state index in [1.807, 2.05) is 45.0 Å². The van der Waals surface area contributed by atoms with E-state index in [1.165, 1.54) is 6.42 Å². The highest BCUT2D eigenvalue weighted by molar-refractivity contribution is 5.99. The number of benzene rings is 1. The van der Waals surface area contributed by atoms with Gasteiger partial charge in [-0.3, -0.25) is 19.3 Å². The molecule has 1 N–H and O–H groups in total. The number of fused-ring (bicyclic) bond motifs is 1. The van der Waals surface area contributed by atoms with E-state index < -0.39 is 17.5 Å². The second-order valence-electron chi connectivity index (χ2n) is 13.3. The average Bonchev–Trinajstić information content (AvgIpc) is 3.48. The summed E-state index contributed by atoms with van der Waals surface area (Å²) in [6.45, 7) is 20.3. The maximum Gasteiger partial charge on any atom is 0.251 e. The second kappa shape index (κ2) is 11.6. The van der Waals surface area contributed by atoms with Crippen molar-refractivity contribution in [3.05, 3.63) is 29.8 Å². The van der Waals surface area contributed by atoms with Crippen LogP contribution in [0.3, 0.4) is 0 Å². The Kier molecular flexibility index (Phi) is 8.76. The number of nitrogens with one attached hydrogen (secondary N) is 1. The fourth-order valence-corrected chi connectivity index (χ4v) is 6.19. The second-order valence-corrected chi connectivity index (χ2v) is 13.3. The van der Waals surface area contributed by atoms with Crippen molar-refractivity contribution in [1.82, 2.24) is 15.1 Å². The zero-order valence-electron chi connectivity index (χ0n) is 25.0. The lowest BCUT2D eigenvalue weighted by molar-refractivity contribution is -0.140. The van der Waals surface area contributed by atoms with Crippen LogP contribution in [0, 0.1) is 16.7 Å². The fourth-order valence-electron chi connectivity index (χ4n) is 6.19. The molecule has 3 aliphatic rings. The van der Waals surface area contributed by atoms with Crippen LogP contribution in [0.5, 0.6) is 0 Å². The molecule has 1 aromatic carbocycles. The molecule has 8 heteroatoms. The Morgan fingerprint density at radius 3 is 2.23 bits per heavy atom. The summed E-state index contributed by atoms with van der Waals surface area (Å²) in [5.41, 5.74) is 1.02. The molecule has 8 nitrogen and oxygen atoms in total. The Bertz CT molecular complexity index is 1040. The number of ketones is 1. The number of piperazine rings is 1. The molecule has 4 rings (SSSR count). The summed E-state index contributed by atoms with van der Waals surface area (Å²) in [6.07, 6.45) is 1.57. The number of likely N-dealkylation sites (tertiary alicyclic amines) is 1. The van der Waals surface area contributed by atoms with Crippen molar-refractivity contribution in [2.45, 2.75) is 79.5 Å². The third-order valence-electron chi connectivity index (χ3n) is 9.20. The Morgan fingerprint density at radius 1 is 1.03 bits per heavy atom. The van der Waals surface area contributed by atoms with E-state index >= 15 is 0 Å². The van der Waals surface area contributed by atoms with Gasteiger partial charge in [0.1, 0.15) is 18.7 Å². The smallest absolute Gasteiger partial charge is 0.251 e. The molecule has 1 aromatic rings. The van der Waals surface area contributed by atoms with Crippen LogP contribution in [0.2, 0.25) is 0 Å². The van der Waals surface area contributed by atoms with Gasteiger partial charge >= 0.3 is 0 Å². The van der Waals surface area contributed by atoms with Gasteiger partial charge in [-0.2, -0.15) is 0 Å². The van der Waals surface area contributed by atoms with Gasteiger partial charge < -0.3 is 19.9 Å². The molecule has 0 spiro atoms. The number of hydrogen-bond acceptors (Lipinski definition) is 6. The molecule has 0 bridgehead atoms. The highest BCUT2D eigenvalue weighted by atomic mass is 16.5. The first-order valence-corrected chi connectivity index (χ1v) is 14.7. The van der Waals surface area contributed by atoms with Gasteiger partial charge in [-0.1, -0.05) is 48.5 Å². The molecule has 0 saturated carbocycles. The average molecular weight is 541 g/mol. The Morgan fingerprint density at radius 2 is 1.67 bits per heavy atom. The minimum absolute atomic E-state index is 0.0416. The lowest BCUT2D eigenvalue weighted by Gasteiger charge is -2.37. The van der Waals surface area contributed by atoms with Crippen LogP contribution in [0.15, 0.2) is 24.3 Å².